The van der Waals surface area contributed by atoms with Gasteiger partial charge in [-0.25, -0.2) is 0 Å². The molecule has 0 aliphatic carbocycles. The van der Waals surface area contributed by atoms with Gasteiger partial charge in [0.15, 0.2) is 5.96 Å². The molecule has 0 bridgehead atoms. The quantitative estimate of drug-likeness (QED) is 0.637. The Hall–Kier alpha value is -1.79. The fourth-order valence-corrected chi connectivity index (χ4v) is 3.39. The first kappa shape index (κ1) is 17.0. The van der Waals surface area contributed by atoms with Gasteiger partial charge in [0.2, 0.25) is 0 Å². The zero-order valence-corrected chi connectivity index (χ0v) is 15.0. The zero-order chi connectivity index (χ0) is 16.9. The summed E-state index contributed by atoms with van der Waals surface area (Å²) in [6.07, 6.45) is 0.948. The molecular weight excluding hydrogens is 302 g/mol. The van der Waals surface area contributed by atoms with Gasteiger partial charge >= 0.3 is 0 Å². The van der Waals surface area contributed by atoms with Crippen LogP contribution in [0.1, 0.15) is 18.0 Å². The molecule has 0 spiro atoms. The van der Waals surface area contributed by atoms with E-state index in [4.69, 9.17) is 4.74 Å². The number of fused-ring (bicyclic) bond motifs is 1. The van der Waals surface area contributed by atoms with Crippen LogP contribution in [0.4, 0.5) is 0 Å². The Morgan fingerprint density at radius 2 is 2.12 bits per heavy atom. The first-order valence-electron chi connectivity index (χ1n) is 8.75. The molecule has 2 aliphatic rings. The predicted octanol–water partition coefficient (Wildman–Crippen LogP) is 0.921. The number of aliphatic imine (C=N–C) groups is 1. The lowest BCUT2D eigenvalue weighted by Crippen LogP contribution is -2.55. The fourth-order valence-electron chi connectivity index (χ4n) is 3.39. The fraction of sp³-hybridized carbons (Fsp3) is 0.611. The summed E-state index contributed by atoms with van der Waals surface area (Å²) >= 11 is 0. The average Bonchev–Trinajstić information content (AvgIpc) is 2.61. The van der Waals surface area contributed by atoms with Crippen molar-refractivity contribution in [3.63, 3.8) is 0 Å². The van der Waals surface area contributed by atoms with Gasteiger partial charge in [-0.3, -0.25) is 9.89 Å². The van der Waals surface area contributed by atoms with E-state index in [0.717, 1.165) is 50.9 Å². The molecule has 0 aromatic heterocycles. The third-order valence-corrected chi connectivity index (χ3v) is 4.98. The van der Waals surface area contributed by atoms with Crippen LogP contribution in [0.2, 0.25) is 0 Å². The minimum Gasteiger partial charge on any atom is -0.493 e. The van der Waals surface area contributed by atoms with E-state index in [0.29, 0.717) is 6.04 Å². The molecule has 6 heteroatoms. The van der Waals surface area contributed by atoms with Crippen LogP contribution in [0.25, 0.3) is 0 Å². The van der Waals surface area contributed by atoms with E-state index >= 15 is 0 Å². The summed E-state index contributed by atoms with van der Waals surface area (Å²) in [7, 11) is 6.22. The second-order valence-electron chi connectivity index (χ2n) is 6.72. The molecule has 2 atom stereocenters. The Kier molecular flexibility index (Phi) is 5.58. The molecule has 0 saturated carbocycles. The molecule has 24 heavy (non-hydrogen) atoms. The van der Waals surface area contributed by atoms with Gasteiger partial charge in [-0.1, -0.05) is 18.2 Å². The van der Waals surface area contributed by atoms with Crippen molar-refractivity contribution in [3.05, 3.63) is 29.8 Å². The number of likely N-dealkylation sites (N-methyl/N-ethyl adjacent to an activating group) is 2. The SMILES string of the molecule is CN=C(NCC1CN(C)CCN1C)NC1CCOc2ccccc21. The Morgan fingerprint density at radius 3 is 2.96 bits per heavy atom. The molecule has 2 heterocycles. The summed E-state index contributed by atoms with van der Waals surface area (Å²) in [4.78, 5) is 9.21. The van der Waals surface area contributed by atoms with E-state index in [2.05, 4.69) is 51.7 Å². The maximum atomic E-state index is 5.74. The van der Waals surface area contributed by atoms with Crippen LogP contribution in [0.5, 0.6) is 5.75 Å². The highest BCUT2D eigenvalue weighted by molar-refractivity contribution is 5.80. The molecule has 0 radical (unpaired) electrons. The number of hydrogen-bond donors (Lipinski definition) is 2. The highest BCUT2D eigenvalue weighted by atomic mass is 16.5. The molecule has 0 amide bonds. The monoisotopic (exact) mass is 331 g/mol. The number of guanidine groups is 1. The Morgan fingerprint density at radius 1 is 1.29 bits per heavy atom. The highest BCUT2D eigenvalue weighted by Crippen LogP contribution is 2.31. The van der Waals surface area contributed by atoms with Gasteiger partial charge in [-0.2, -0.15) is 0 Å². The van der Waals surface area contributed by atoms with E-state index in [-0.39, 0.29) is 6.04 Å². The number of piperazine rings is 1. The van der Waals surface area contributed by atoms with Crippen molar-refractivity contribution < 1.29 is 4.74 Å². The van der Waals surface area contributed by atoms with Crippen LogP contribution in [0.3, 0.4) is 0 Å². The van der Waals surface area contributed by atoms with Crippen LogP contribution < -0.4 is 15.4 Å². The van der Waals surface area contributed by atoms with Gasteiger partial charge < -0.3 is 20.3 Å². The molecule has 3 rings (SSSR count). The number of nitrogens with zero attached hydrogens (tertiary/aromatic N) is 3. The highest BCUT2D eigenvalue weighted by Gasteiger charge is 2.24. The van der Waals surface area contributed by atoms with Gasteiger partial charge in [-0.15, -0.1) is 0 Å². The summed E-state index contributed by atoms with van der Waals surface area (Å²) in [5, 5.41) is 7.05. The van der Waals surface area contributed by atoms with Crippen LogP contribution >= 0.6 is 0 Å². The van der Waals surface area contributed by atoms with Crippen LogP contribution in [0, 0.1) is 0 Å². The molecule has 1 aromatic carbocycles. The lowest BCUT2D eigenvalue weighted by atomic mass is 10.0. The zero-order valence-electron chi connectivity index (χ0n) is 15.0. The normalized spacial score (nSPS) is 25.7. The molecule has 2 aliphatic heterocycles. The molecule has 2 unspecified atom stereocenters. The second-order valence-corrected chi connectivity index (χ2v) is 6.72. The van der Waals surface area contributed by atoms with Crippen molar-refractivity contribution in [1.82, 2.24) is 20.4 Å². The molecule has 1 saturated heterocycles. The van der Waals surface area contributed by atoms with E-state index < -0.39 is 0 Å². The molecule has 2 N–H and O–H groups in total. The Balaban J connectivity index is 1.58. The van der Waals surface area contributed by atoms with Crippen molar-refractivity contribution in [2.75, 3.05) is 53.9 Å². The van der Waals surface area contributed by atoms with Crippen molar-refractivity contribution in [2.45, 2.75) is 18.5 Å². The van der Waals surface area contributed by atoms with Crippen molar-refractivity contribution in [3.8, 4) is 5.75 Å². The Bertz CT molecular complexity index is 576. The predicted molar refractivity (Wildman–Crippen MR) is 97.7 cm³/mol. The molecular formula is C18H29N5O. The number of hydrogen-bond acceptors (Lipinski definition) is 4. The summed E-state index contributed by atoms with van der Waals surface area (Å²) in [5.41, 5.74) is 1.21. The summed E-state index contributed by atoms with van der Waals surface area (Å²) in [6, 6.07) is 8.99. The number of benzene rings is 1. The standard InChI is InChI=1S/C18H29N5O/c1-19-18(20-12-14-13-22(2)9-10-23(14)3)21-16-8-11-24-17-7-5-4-6-15(16)17/h4-7,14,16H,8-13H2,1-3H3,(H2,19,20,21). The minimum atomic E-state index is 0.243. The minimum absolute atomic E-state index is 0.243. The first-order valence-corrected chi connectivity index (χ1v) is 8.75. The van der Waals surface area contributed by atoms with Crippen molar-refractivity contribution in [2.24, 2.45) is 4.99 Å². The number of ether oxygens (including phenoxy) is 1. The number of nitrogens with one attached hydrogen (secondary N) is 2. The maximum absolute atomic E-state index is 5.74. The van der Waals surface area contributed by atoms with E-state index in [1.165, 1.54) is 5.56 Å². The molecule has 132 valence electrons. The van der Waals surface area contributed by atoms with Gasteiger partial charge in [0.25, 0.3) is 0 Å². The first-order chi connectivity index (χ1) is 11.7. The maximum Gasteiger partial charge on any atom is 0.191 e. The van der Waals surface area contributed by atoms with Gasteiger partial charge in [0.05, 0.1) is 12.6 Å². The topological polar surface area (TPSA) is 52.1 Å². The lowest BCUT2D eigenvalue weighted by molar-refractivity contribution is 0.116. The van der Waals surface area contributed by atoms with Crippen molar-refractivity contribution in [1.29, 1.82) is 0 Å². The molecule has 1 fully saturated rings. The summed E-state index contributed by atoms with van der Waals surface area (Å²) in [6.45, 7) is 4.97. The van der Waals surface area contributed by atoms with Gasteiger partial charge in [0.1, 0.15) is 5.75 Å². The second kappa shape index (κ2) is 7.85. The molecule has 6 nitrogen and oxygen atoms in total. The van der Waals surface area contributed by atoms with Crippen LogP contribution in [-0.2, 0) is 0 Å². The lowest BCUT2D eigenvalue weighted by Gasteiger charge is -2.38. The number of para-hydroxylation sites is 1. The smallest absolute Gasteiger partial charge is 0.191 e. The van der Waals surface area contributed by atoms with Gasteiger partial charge in [-0.05, 0) is 20.2 Å². The summed E-state index contributed by atoms with van der Waals surface area (Å²) in [5.74, 6) is 1.84. The third kappa shape index (κ3) is 3.99. The van der Waals surface area contributed by atoms with E-state index in [1.54, 1.807) is 0 Å². The van der Waals surface area contributed by atoms with E-state index in [1.807, 2.05) is 19.2 Å². The van der Waals surface area contributed by atoms with E-state index in [9.17, 15) is 0 Å². The third-order valence-electron chi connectivity index (χ3n) is 4.98. The largest absolute Gasteiger partial charge is 0.493 e. The Labute approximate surface area is 144 Å². The van der Waals surface area contributed by atoms with Gasteiger partial charge in [0, 0.05) is 51.3 Å². The van der Waals surface area contributed by atoms with Crippen LogP contribution in [0.15, 0.2) is 29.3 Å². The summed E-state index contributed by atoms with van der Waals surface area (Å²) < 4.78 is 5.74. The average molecular weight is 331 g/mol. The van der Waals surface area contributed by atoms with Crippen LogP contribution in [-0.4, -0.2) is 75.7 Å². The van der Waals surface area contributed by atoms with Crippen molar-refractivity contribution >= 4 is 5.96 Å². The molecule has 1 aromatic rings. The number of rotatable bonds is 3.